The maximum absolute atomic E-state index is 11.6. The summed E-state index contributed by atoms with van der Waals surface area (Å²) in [4.78, 5) is 11.6. The Morgan fingerprint density at radius 3 is 2.67 bits per heavy atom. The van der Waals surface area contributed by atoms with E-state index in [-0.39, 0.29) is 18.6 Å². The molecule has 5 heteroatoms. The van der Waals surface area contributed by atoms with Crippen LogP contribution in [0.2, 0.25) is 0 Å². The zero-order valence-corrected chi connectivity index (χ0v) is 10.2. The maximum Gasteiger partial charge on any atom is 0.250 e. The average Bonchev–Trinajstić information content (AvgIpc) is 2.40. The van der Waals surface area contributed by atoms with Crippen molar-refractivity contribution < 1.29 is 14.3 Å². The van der Waals surface area contributed by atoms with Crippen LogP contribution in [0.4, 0.5) is 11.4 Å². The first-order valence-electron chi connectivity index (χ1n) is 6.09. The average molecular weight is 250 g/mol. The van der Waals surface area contributed by atoms with Crippen LogP contribution in [0.15, 0.2) is 24.3 Å². The molecule has 1 saturated heterocycles. The van der Waals surface area contributed by atoms with Crippen LogP contribution in [0.5, 0.6) is 0 Å². The van der Waals surface area contributed by atoms with Crippen LogP contribution in [0.3, 0.4) is 0 Å². The Hall–Kier alpha value is -1.59. The van der Waals surface area contributed by atoms with E-state index in [0.29, 0.717) is 18.9 Å². The SMILES string of the molecule is Nc1ccc(NC(=O)COC2CCOCC2)cc1. The van der Waals surface area contributed by atoms with Crippen molar-refractivity contribution in [3.8, 4) is 0 Å². The lowest BCUT2D eigenvalue weighted by Gasteiger charge is -2.22. The summed E-state index contributed by atoms with van der Waals surface area (Å²) in [6.07, 6.45) is 1.85. The first-order chi connectivity index (χ1) is 8.74. The maximum atomic E-state index is 11.6. The number of carbonyl (C=O) groups excluding carboxylic acids is 1. The summed E-state index contributed by atoms with van der Waals surface area (Å²) >= 11 is 0. The lowest BCUT2D eigenvalue weighted by Crippen LogP contribution is -2.28. The minimum Gasteiger partial charge on any atom is -0.399 e. The molecule has 0 saturated carbocycles. The summed E-state index contributed by atoms with van der Waals surface area (Å²) in [5.41, 5.74) is 6.96. The van der Waals surface area contributed by atoms with Crippen molar-refractivity contribution in [2.24, 2.45) is 0 Å². The molecule has 0 radical (unpaired) electrons. The van der Waals surface area contributed by atoms with E-state index in [1.165, 1.54) is 0 Å². The Morgan fingerprint density at radius 2 is 2.00 bits per heavy atom. The summed E-state index contributed by atoms with van der Waals surface area (Å²) in [5, 5.41) is 2.76. The lowest BCUT2D eigenvalue weighted by atomic mass is 10.1. The largest absolute Gasteiger partial charge is 0.399 e. The van der Waals surface area contributed by atoms with Crippen molar-refractivity contribution in [3.63, 3.8) is 0 Å². The molecule has 1 amide bonds. The highest BCUT2D eigenvalue weighted by molar-refractivity contribution is 5.91. The number of hydrogen-bond donors (Lipinski definition) is 2. The van der Waals surface area contributed by atoms with Gasteiger partial charge in [0, 0.05) is 24.6 Å². The predicted molar refractivity (Wildman–Crippen MR) is 69.3 cm³/mol. The molecule has 1 aromatic carbocycles. The number of carbonyl (C=O) groups is 1. The molecule has 0 aliphatic carbocycles. The van der Waals surface area contributed by atoms with Crippen LogP contribution in [0, 0.1) is 0 Å². The van der Waals surface area contributed by atoms with Crippen molar-refractivity contribution in [3.05, 3.63) is 24.3 Å². The van der Waals surface area contributed by atoms with Crippen molar-refractivity contribution in [2.75, 3.05) is 30.9 Å². The molecule has 1 aliphatic rings. The van der Waals surface area contributed by atoms with Crippen molar-refractivity contribution >= 4 is 17.3 Å². The van der Waals surface area contributed by atoms with Gasteiger partial charge in [0.25, 0.3) is 0 Å². The van der Waals surface area contributed by atoms with Crippen LogP contribution in [0.1, 0.15) is 12.8 Å². The van der Waals surface area contributed by atoms with Gasteiger partial charge in [0.2, 0.25) is 5.91 Å². The second-order valence-electron chi connectivity index (χ2n) is 4.29. The number of amides is 1. The summed E-state index contributed by atoms with van der Waals surface area (Å²) in [5.74, 6) is -0.147. The molecule has 0 bridgehead atoms. The highest BCUT2D eigenvalue weighted by Crippen LogP contribution is 2.12. The smallest absolute Gasteiger partial charge is 0.250 e. The molecule has 0 atom stereocenters. The minimum atomic E-state index is -0.147. The van der Waals surface area contributed by atoms with Gasteiger partial charge >= 0.3 is 0 Å². The molecule has 1 aromatic rings. The topological polar surface area (TPSA) is 73.6 Å². The molecule has 0 spiro atoms. The summed E-state index contributed by atoms with van der Waals surface area (Å²) in [6.45, 7) is 1.50. The third-order valence-corrected chi connectivity index (χ3v) is 2.81. The number of hydrogen-bond acceptors (Lipinski definition) is 4. The predicted octanol–water partition coefficient (Wildman–Crippen LogP) is 1.40. The van der Waals surface area contributed by atoms with Gasteiger partial charge in [0.05, 0.1) is 6.10 Å². The highest BCUT2D eigenvalue weighted by Gasteiger charge is 2.15. The third-order valence-electron chi connectivity index (χ3n) is 2.81. The Balaban J connectivity index is 1.73. The van der Waals surface area contributed by atoms with E-state index in [1.54, 1.807) is 24.3 Å². The van der Waals surface area contributed by atoms with E-state index in [2.05, 4.69) is 5.32 Å². The Bertz CT molecular complexity index is 386. The van der Waals surface area contributed by atoms with Gasteiger partial charge in [-0.05, 0) is 37.1 Å². The molecule has 5 nitrogen and oxygen atoms in total. The number of benzene rings is 1. The van der Waals surface area contributed by atoms with Gasteiger partial charge < -0.3 is 20.5 Å². The molecule has 0 unspecified atom stereocenters. The fraction of sp³-hybridized carbons (Fsp3) is 0.462. The van der Waals surface area contributed by atoms with Crippen LogP contribution in [0.25, 0.3) is 0 Å². The number of anilines is 2. The molecule has 98 valence electrons. The molecule has 2 rings (SSSR count). The van der Waals surface area contributed by atoms with Crippen molar-refractivity contribution in [1.29, 1.82) is 0 Å². The molecule has 1 fully saturated rings. The molecular weight excluding hydrogens is 232 g/mol. The Morgan fingerprint density at radius 1 is 1.33 bits per heavy atom. The number of nitrogens with one attached hydrogen (secondary N) is 1. The van der Waals surface area contributed by atoms with E-state index >= 15 is 0 Å². The molecular formula is C13H18N2O3. The summed E-state index contributed by atoms with van der Waals surface area (Å²) in [6, 6.07) is 7.02. The molecule has 3 N–H and O–H groups in total. The Kier molecular flexibility index (Phi) is 4.55. The van der Waals surface area contributed by atoms with Gasteiger partial charge in [-0.2, -0.15) is 0 Å². The number of nitrogens with two attached hydrogens (primary N) is 1. The van der Waals surface area contributed by atoms with Crippen molar-refractivity contribution in [1.82, 2.24) is 0 Å². The van der Waals surface area contributed by atoms with E-state index in [0.717, 1.165) is 18.5 Å². The van der Waals surface area contributed by atoms with Gasteiger partial charge in [0.15, 0.2) is 0 Å². The molecule has 0 aromatic heterocycles. The van der Waals surface area contributed by atoms with Gasteiger partial charge in [-0.25, -0.2) is 0 Å². The highest BCUT2D eigenvalue weighted by atomic mass is 16.5. The van der Waals surface area contributed by atoms with Crippen LogP contribution >= 0.6 is 0 Å². The zero-order chi connectivity index (χ0) is 12.8. The summed E-state index contributed by atoms with van der Waals surface area (Å²) in [7, 11) is 0. The molecule has 18 heavy (non-hydrogen) atoms. The second-order valence-corrected chi connectivity index (χ2v) is 4.29. The quantitative estimate of drug-likeness (QED) is 0.792. The van der Waals surface area contributed by atoms with Crippen molar-refractivity contribution in [2.45, 2.75) is 18.9 Å². The Labute approximate surface area is 106 Å². The normalized spacial score (nSPS) is 16.4. The zero-order valence-electron chi connectivity index (χ0n) is 10.2. The number of ether oxygens (including phenoxy) is 2. The summed E-state index contributed by atoms with van der Waals surface area (Å²) < 4.78 is 10.7. The van der Waals surface area contributed by atoms with E-state index in [4.69, 9.17) is 15.2 Å². The van der Waals surface area contributed by atoms with E-state index in [1.807, 2.05) is 0 Å². The van der Waals surface area contributed by atoms with E-state index in [9.17, 15) is 4.79 Å². The monoisotopic (exact) mass is 250 g/mol. The number of nitrogen functional groups attached to an aromatic ring is 1. The van der Waals surface area contributed by atoms with Crippen LogP contribution < -0.4 is 11.1 Å². The fourth-order valence-corrected chi connectivity index (χ4v) is 1.80. The second kappa shape index (κ2) is 6.37. The lowest BCUT2D eigenvalue weighted by molar-refractivity contribution is -0.124. The first kappa shape index (κ1) is 12.9. The van der Waals surface area contributed by atoms with Gasteiger partial charge in [-0.3, -0.25) is 4.79 Å². The van der Waals surface area contributed by atoms with E-state index < -0.39 is 0 Å². The van der Waals surface area contributed by atoms with Gasteiger partial charge in [0.1, 0.15) is 6.61 Å². The van der Waals surface area contributed by atoms with Gasteiger partial charge in [-0.15, -0.1) is 0 Å². The third kappa shape index (κ3) is 4.01. The van der Waals surface area contributed by atoms with Crippen LogP contribution in [-0.2, 0) is 14.3 Å². The van der Waals surface area contributed by atoms with Crippen LogP contribution in [-0.4, -0.2) is 31.8 Å². The molecule has 1 heterocycles. The minimum absolute atomic E-state index is 0.0784. The molecule has 1 aliphatic heterocycles. The standard InChI is InChI=1S/C13H18N2O3/c14-10-1-3-11(4-2-10)15-13(16)9-18-12-5-7-17-8-6-12/h1-4,12H,5-9,14H2,(H,15,16). The number of rotatable bonds is 4. The van der Waals surface area contributed by atoms with Gasteiger partial charge in [-0.1, -0.05) is 0 Å². The fourth-order valence-electron chi connectivity index (χ4n) is 1.80. The first-order valence-corrected chi connectivity index (χ1v) is 6.09.